The highest BCUT2D eigenvalue weighted by atomic mass is 19.2. The summed E-state index contributed by atoms with van der Waals surface area (Å²) in [5, 5.41) is 0. The first-order valence-corrected chi connectivity index (χ1v) is 11.5. The van der Waals surface area contributed by atoms with E-state index in [1.807, 2.05) is 0 Å². The molecule has 7 heteroatoms. The number of aryl methyl sites for hydroxylation is 1. The number of alkyl halides is 1. The number of benzene rings is 3. The number of rotatable bonds is 8. The molecule has 0 saturated carbocycles. The van der Waals surface area contributed by atoms with Crippen LogP contribution in [0.4, 0.5) is 22.0 Å². The van der Waals surface area contributed by atoms with Gasteiger partial charge < -0.3 is 9.47 Å². The van der Waals surface area contributed by atoms with Crippen LogP contribution in [0.2, 0.25) is 0 Å². The monoisotopic (exact) mass is 500 g/mol. The molecule has 1 aliphatic rings. The molecule has 1 heterocycles. The van der Waals surface area contributed by atoms with E-state index in [0.29, 0.717) is 29.9 Å². The summed E-state index contributed by atoms with van der Waals surface area (Å²) in [6.45, 7) is 3.53. The minimum absolute atomic E-state index is 0.152. The van der Waals surface area contributed by atoms with Crippen molar-refractivity contribution in [2.75, 3.05) is 13.2 Å². The van der Waals surface area contributed by atoms with Gasteiger partial charge in [-0.15, -0.1) is 6.58 Å². The third-order valence-electron chi connectivity index (χ3n) is 6.07. The van der Waals surface area contributed by atoms with Crippen molar-refractivity contribution < 1.29 is 31.4 Å². The molecule has 0 aliphatic carbocycles. The van der Waals surface area contributed by atoms with Gasteiger partial charge in [-0.3, -0.25) is 0 Å². The Labute approximate surface area is 206 Å². The van der Waals surface area contributed by atoms with E-state index in [0.717, 1.165) is 17.7 Å². The molecule has 0 atom stereocenters. The van der Waals surface area contributed by atoms with Crippen LogP contribution in [0.3, 0.4) is 0 Å². The molecule has 0 aromatic heterocycles. The lowest BCUT2D eigenvalue weighted by Gasteiger charge is -2.28. The minimum Gasteiger partial charge on any atom is -0.348 e. The molecule has 0 unspecified atom stereocenters. The second-order valence-electron chi connectivity index (χ2n) is 8.58. The van der Waals surface area contributed by atoms with Gasteiger partial charge in [0.2, 0.25) is 0 Å². The van der Waals surface area contributed by atoms with Crippen LogP contribution in [-0.2, 0) is 22.6 Å². The highest BCUT2D eigenvalue weighted by molar-refractivity contribution is 5.67. The number of hydrogen-bond donors (Lipinski definition) is 0. The fourth-order valence-electron chi connectivity index (χ4n) is 3.97. The van der Waals surface area contributed by atoms with Gasteiger partial charge in [0.05, 0.1) is 18.8 Å². The molecule has 0 bridgehead atoms. The summed E-state index contributed by atoms with van der Waals surface area (Å²) in [5.41, 5.74) is 1.33. The summed E-state index contributed by atoms with van der Waals surface area (Å²) in [4.78, 5) is 0. The minimum atomic E-state index is -1.23. The lowest BCUT2D eigenvalue weighted by Crippen LogP contribution is -2.25. The molecule has 0 amide bonds. The molecular formula is C29H25F5O2. The van der Waals surface area contributed by atoms with E-state index in [1.165, 1.54) is 24.3 Å². The summed E-state index contributed by atoms with van der Waals surface area (Å²) in [5.74, 6) is -3.21. The zero-order valence-electron chi connectivity index (χ0n) is 19.5. The maximum atomic E-state index is 14.7. The van der Waals surface area contributed by atoms with E-state index in [4.69, 9.17) is 9.47 Å². The molecule has 36 heavy (non-hydrogen) atoms. The van der Waals surface area contributed by atoms with Gasteiger partial charge in [-0.05, 0) is 53.8 Å². The lowest BCUT2D eigenvalue weighted by molar-refractivity contribution is -0.197. The van der Waals surface area contributed by atoms with Crippen molar-refractivity contribution in [2.45, 2.75) is 25.8 Å². The maximum absolute atomic E-state index is 14.7. The smallest absolute Gasteiger partial charge is 0.183 e. The third kappa shape index (κ3) is 5.91. The van der Waals surface area contributed by atoms with Gasteiger partial charge in [0.25, 0.3) is 0 Å². The predicted molar refractivity (Wildman–Crippen MR) is 129 cm³/mol. The van der Waals surface area contributed by atoms with Crippen molar-refractivity contribution in [2.24, 2.45) is 5.92 Å². The van der Waals surface area contributed by atoms with E-state index in [2.05, 4.69) is 6.58 Å². The first-order chi connectivity index (χ1) is 17.4. The van der Waals surface area contributed by atoms with Crippen molar-refractivity contribution in [1.82, 2.24) is 0 Å². The van der Waals surface area contributed by atoms with Crippen molar-refractivity contribution >= 4 is 6.08 Å². The van der Waals surface area contributed by atoms with Gasteiger partial charge in [0.1, 0.15) is 29.9 Å². The quantitative estimate of drug-likeness (QED) is 0.231. The molecule has 188 valence electrons. The molecular weight excluding hydrogens is 475 g/mol. The molecule has 4 rings (SSSR count). The van der Waals surface area contributed by atoms with Crippen molar-refractivity contribution in [3.63, 3.8) is 0 Å². The van der Waals surface area contributed by atoms with Crippen LogP contribution in [0.5, 0.6) is 0 Å². The summed E-state index contributed by atoms with van der Waals surface area (Å²) in [6.07, 6.45) is 4.63. The van der Waals surface area contributed by atoms with Gasteiger partial charge in [0, 0.05) is 17.0 Å². The SMILES string of the molecule is C=CC1COC(c2ccc(-c3cc(F)c(/C=C/CCc4cc(F)c(CF)c(F)c4)c(F)c3)cc2)OC1. The molecule has 1 saturated heterocycles. The number of halogens is 5. The molecule has 0 spiro atoms. The Morgan fingerprint density at radius 3 is 2.00 bits per heavy atom. The second-order valence-corrected chi connectivity index (χ2v) is 8.58. The summed E-state index contributed by atoms with van der Waals surface area (Å²) in [7, 11) is 0. The first kappa shape index (κ1) is 25.8. The third-order valence-corrected chi connectivity index (χ3v) is 6.07. The zero-order valence-corrected chi connectivity index (χ0v) is 19.5. The lowest BCUT2D eigenvalue weighted by atomic mass is 10.0. The Morgan fingerprint density at radius 2 is 1.44 bits per heavy atom. The number of ether oxygens (including phenoxy) is 2. The number of hydrogen-bond acceptors (Lipinski definition) is 2. The highest BCUT2D eigenvalue weighted by Crippen LogP contribution is 2.30. The van der Waals surface area contributed by atoms with Gasteiger partial charge in [0.15, 0.2) is 6.29 Å². The normalized spacial score (nSPS) is 18.0. The average Bonchev–Trinajstić information content (AvgIpc) is 2.88. The highest BCUT2D eigenvalue weighted by Gasteiger charge is 2.22. The van der Waals surface area contributed by atoms with E-state index in [1.54, 1.807) is 30.3 Å². The molecule has 0 radical (unpaired) electrons. The molecule has 2 nitrogen and oxygen atoms in total. The average molecular weight is 501 g/mol. The van der Waals surface area contributed by atoms with Crippen LogP contribution in [-0.4, -0.2) is 13.2 Å². The standard InChI is InChI=1S/C29H25F5O2/c1-2-18-16-35-29(36-17-18)21-9-7-20(8-10-21)22-13-27(33)23(28(34)14-22)6-4-3-5-19-11-25(31)24(15-30)26(32)12-19/h2,4,6-14,18,29H,1,3,5,15-17H2/b6-4+. The number of allylic oxidation sites excluding steroid dienone is 1. The molecule has 0 N–H and O–H groups in total. The Bertz CT molecular complexity index is 1200. The van der Waals surface area contributed by atoms with Crippen LogP contribution < -0.4 is 0 Å². The largest absolute Gasteiger partial charge is 0.348 e. The Balaban J connectivity index is 1.41. The summed E-state index contributed by atoms with van der Waals surface area (Å²) in [6, 6.07) is 11.7. The van der Waals surface area contributed by atoms with Crippen LogP contribution in [0.1, 0.15) is 35.0 Å². The second kappa shape index (κ2) is 11.6. The van der Waals surface area contributed by atoms with E-state index in [9.17, 15) is 22.0 Å². The van der Waals surface area contributed by atoms with E-state index in [-0.39, 0.29) is 24.3 Å². The Morgan fingerprint density at radius 1 is 0.833 bits per heavy atom. The van der Waals surface area contributed by atoms with Gasteiger partial charge >= 0.3 is 0 Å². The predicted octanol–water partition coefficient (Wildman–Crippen LogP) is 7.87. The molecule has 3 aromatic carbocycles. The van der Waals surface area contributed by atoms with Gasteiger partial charge in [-0.2, -0.15) is 0 Å². The molecule has 3 aromatic rings. The van der Waals surface area contributed by atoms with Crippen LogP contribution in [0.15, 0.2) is 67.3 Å². The van der Waals surface area contributed by atoms with Crippen molar-refractivity contribution in [1.29, 1.82) is 0 Å². The van der Waals surface area contributed by atoms with Crippen LogP contribution in [0.25, 0.3) is 17.2 Å². The van der Waals surface area contributed by atoms with E-state index < -0.39 is 41.8 Å². The van der Waals surface area contributed by atoms with Crippen LogP contribution >= 0.6 is 0 Å². The molecule has 1 aliphatic heterocycles. The Kier molecular flexibility index (Phi) is 8.33. The zero-order chi connectivity index (χ0) is 25.7. The summed E-state index contributed by atoms with van der Waals surface area (Å²) >= 11 is 0. The van der Waals surface area contributed by atoms with Gasteiger partial charge in [-0.25, -0.2) is 22.0 Å². The topological polar surface area (TPSA) is 18.5 Å². The van der Waals surface area contributed by atoms with Gasteiger partial charge in [-0.1, -0.05) is 42.5 Å². The maximum Gasteiger partial charge on any atom is 0.183 e. The first-order valence-electron chi connectivity index (χ1n) is 11.5. The van der Waals surface area contributed by atoms with Crippen LogP contribution in [0, 0.1) is 29.2 Å². The summed E-state index contributed by atoms with van der Waals surface area (Å²) < 4.78 is 80.8. The van der Waals surface area contributed by atoms with E-state index >= 15 is 0 Å². The fraction of sp³-hybridized carbons (Fsp3) is 0.241. The van der Waals surface area contributed by atoms with Crippen molar-refractivity contribution in [3.05, 3.63) is 113 Å². The fourth-order valence-corrected chi connectivity index (χ4v) is 3.97. The van der Waals surface area contributed by atoms with Crippen molar-refractivity contribution in [3.8, 4) is 11.1 Å². The molecule has 1 fully saturated rings. The Hall–Kier alpha value is -3.29.